The van der Waals surface area contributed by atoms with Crippen molar-refractivity contribution in [2.45, 2.75) is 89.1 Å². The van der Waals surface area contributed by atoms with Gasteiger partial charge in [-0.15, -0.1) is 0 Å². The van der Waals surface area contributed by atoms with Crippen LogP contribution in [0.5, 0.6) is 0 Å². The van der Waals surface area contributed by atoms with Crippen molar-refractivity contribution in [3.8, 4) is 0 Å². The highest BCUT2D eigenvalue weighted by molar-refractivity contribution is 5.01. The van der Waals surface area contributed by atoms with Gasteiger partial charge in [0.25, 0.3) is 0 Å². The van der Waals surface area contributed by atoms with Gasteiger partial charge in [0.1, 0.15) is 0 Å². The van der Waals surface area contributed by atoms with Crippen LogP contribution in [0.1, 0.15) is 65.7 Å². The minimum absolute atomic E-state index is 0.138. The van der Waals surface area contributed by atoms with Crippen molar-refractivity contribution in [2.75, 3.05) is 39.3 Å². The molecule has 0 amide bonds. The Bertz CT molecular complexity index is 453. The summed E-state index contributed by atoms with van der Waals surface area (Å²) in [5, 5.41) is 0. The van der Waals surface area contributed by atoms with Gasteiger partial charge in [-0.2, -0.15) is 0 Å². The summed E-state index contributed by atoms with van der Waals surface area (Å²) in [6.45, 7) is 13.8. The predicted molar refractivity (Wildman–Crippen MR) is 101 cm³/mol. The molecule has 0 radical (unpaired) electrons. The summed E-state index contributed by atoms with van der Waals surface area (Å²) in [7, 11) is 0. The van der Waals surface area contributed by atoms with E-state index in [2.05, 4.69) is 30.6 Å². The predicted octanol–water partition coefficient (Wildman–Crippen LogP) is 3.30. The maximum atomic E-state index is 6.84. The molecular weight excluding hydrogens is 312 g/mol. The number of piperidine rings is 2. The largest absolute Gasteiger partial charge is 0.374 e. The highest BCUT2D eigenvalue weighted by Crippen LogP contribution is 2.45. The Kier molecular flexibility index (Phi) is 5.18. The summed E-state index contributed by atoms with van der Waals surface area (Å²) in [5.74, 6) is 0.661. The van der Waals surface area contributed by atoms with E-state index < -0.39 is 0 Å². The number of rotatable bonds is 3. The van der Waals surface area contributed by atoms with E-state index in [1.807, 2.05) is 0 Å². The summed E-state index contributed by atoms with van der Waals surface area (Å²) in [6.07, 6.45) is 9.18. The Morgan fingerprint density at radius 3 is 2.52 bits per heavy atom. The first-order chi connectivity index (χ1) is 12.0. The van der Waals surface area contributed by atoms with Crippen LogP contribution in [0.2, 0.25) is 0 Å². The SMILES string of the molecule is CCN1CC(C2CCC3(CCN(C(C)C)CC3)O2)CC2(CCCO2)C1. The molecule has 0 aromatic carbocycles. The molecule has 0 bridgehead atoms. The zero-order chi connectivity index (χ0) is 17.5. The molecule has 144 valence electrons. The van der Waals surface area contributed by atoms with E-state index in [1.54, 1.807) is 0 Å². The fourth-order valence-corrected chi connectivity index (χ4v) is 5.93. The maximum Gasteiger partial charge on any atom is 0.0813 e. The third-order valence-corrected chi connectivity index (χ3v) is 7.52. The van der Waals surface area contributed by atoms with Crippen molar-refractivity contribution in [1.82, 2.24) is 9.80 Å². The van der Waals surface area contributed by atoms with Gasteiger partial charge < -0.3 is 19.3 Å². The summed E-state index contributed by atoms with van der Waals surface area (Å²) >= 11 is 0. The summed E-state index contributed by atoms with van der Waals surface area (Å²) < 4.78 is 13.1. The van der Waals surface area contributed by atoms with Crippen molar-refractivity contribution < 1.29 is 9.47 Å². The van der Waals surface area contributed by atoms with E-state index in [1.165, 1.54) is 64.6 Å². The van der Waals surface area contributed by atoms with Crippen LogP contribution in [0.25, 0.3) is 0 Å². The van der Waals surface area contributed by atoms with E-state index in [9.17, 15) is 0 Å². The fraction of sp³-hybridized carbons (Fsp3) is 1.00. The van der Waals surface area contributed by atoms with Gasteiger partial charge in [-0.3, -0.25) is 0 Å². The van der Waals surface area contributed by atoms with Gasteiger partial charge in [0.2, 0.25) is 0 Å². The van der Waals surface area contributed by atoms with E-state index in [4.69, 9.17) is 9.47 Å². The molecule has 4 heteroatoms. The van der Waals surface area contributed by atoms with E-state index >= 15 is 0 Å². The molecule has 0 saturated carbocycles. The average molecular weight is 351 g/mol. The van der Waals surface area contributed by atoms with Crippen LogP contribution < -0.4 is 0 Å². The zero-order valence-corrected chi connectivity index (χ0v) is 16.6. The number of likely N-dealkylation sites (tertiary alicyclic amines) is 2. The molecule has 4 aliphatic rings. The summed E-state index contributed by atoms with van der Waals surface area (Å²) in [4.78, 5) is 5.23. The number of hydrogen-bond acceptors (Lipinski definition) is 4. The normalized spacial score (nSPS) is 39.8. The van der Waals surface area contributed by atoms with E-state index in [0.29, 0.717) is 18.1 Å². The first-order valence-electron chi connectivity index (χ1n) is 10.8. The molecule has 0 N–H and O–H groups in total. The van der Waals surface area contributed by atoms with Crippen LogP contribution in [0, 0.1) is 5.92 Å². The van der Waals surface area contributed by atoms with Gasteiger partial charge in [0.05, 0.1) is 17.3 Å². The number of ether oxygens (including phenoxy) is 2. The number of nitrogens with zero attached hydrogens (tertiary/aromatic N) is 2. The zero-order valence-electron chi connectivity index (χ0n) is 16.6. The van der Waals surface area contributed by atoms with Crippen LogP contribution in [0.4, 0.5) is 0 Å². The van der Waals surface area contributed by atoms with E-state index in [0.717, 1.165) is 19.7 Å². The monoisotopic (exact) mass is 350 g/mol. The third kappa shape index (κ3) is 3.65. The van der Waals surface area contributed by atoms with Gasteiger partial charge in [-0.1, -0.05) is 6.92 Å². The molecule has 25 heavy (non-hydrogen) atoms. The third-order valence-electron chi connectivity index (χ3n) is 7.52. The summed E-state index contributed by atoms with van der Waals surface area (Å²) in [5.41, 5.74) is 0.327. The molecule has 0 aliphatic carbocycles. The molecule has 4 aliphatic heterocycles. The standard InChI is InChI=1S/C21H38N2O2/c1-4-22-15-18(14-21(16-22)7-5-13-24-21)19-6-8-20(25-19)9-11-23(12-10-20)17(2)3/h17-19H,4-16H2,1-3H3. The Hall–Kier alpha value is -0.160. The Balaban J connectivity index is 1.39. The highest BCUT2D eigenvalue weighted by atomic mass is 16.5. The molecule has 4 fully saturated rings. The van der Waals surface area contributed by atoms with Crippen molar-refractivity contribution in [2.24, 2.45) is 5.92 Å². The molecule has 4 nitrogen and oxygen atoms in total. The lowest BCUT2D eigenvalue weighted by atomic mass is 9.80. The van der Waals surface area contributed by atoms with Crippen LogP contribution in [-0.2, 0) is 9.47 Å². The van der Waals surface area contributed by atoms with Gasteiger partial charge in [-0.25, -0.2) is 0 Å². The van der Waals surface area contributed by atoms with Crippen LogP contribution >= 0.6 is 0 Å². The minimum Gasteiger partial charge on any atom is -0.374 e. The van der Waals surface area contributed by atoms with Crippen molar-refractivity contribution in [3.05, 3.63) is 0 Å². The molecule has 0 aromatic rings. The number of likely N-dealkylation sites (N-methyl/N-ethyl adjacent to an activating group) is 1. The molecule has 0 aromatic heterocycles. The van der Waals surface area contributed by atoms with E-state index in [-0.39, 0.29) is 11.2 Å². The lowest BCUT2D eigenvalue weighted by Gasteiger charge is -2.46. The molecule has 3 atom stereocenters. The van der Waals surface area contributed by atoms with Crippen LogP contribution in [-0.4, -0.2) is 72.5 Å². The highest BCUT2D eigenvalue weighted by Gasteiger charge is 2.49. The van der Waals surface area contributed by atoms with Crippen LogP contribution in [0.3, 0.4) is 0 Å². The first kappa shape index (κ1) is 18.2. The molecular formula is C21H38N2O2. The smallest absolute Gasteiger partial charge is 0.0813 e. The second-order valence-corrected chi connectivity index (χ2v) is 9.43. The van der Waals surface area contributed by atoms with Gasteiger partial charge in [0, 0.05) is 44.7 Å². The van der Waals surface area contributed by atoms with Crippen molar-refractivity contribution in [1.29, 1.82) is 0 Å². The molecule has 4 heterocycles. The molecule has 2 spiro atoms. The van der Waals surface area contributed by atoms with Crippen molar-refractivity contribution >= 4 is 0 Å². The fourth-order valence-electron chi connectivity index (χ4n) is 5.93. The lowest BCUT2D eigenvalue weighted by Crippen LogP contribution is -2.54. The van der Waals surface area contributed by atoms with Crippen LogP contribution in [0.15, 0.2) is 0 Å². The first-order valence-corrected chi connectivity index (χ1v) is 10.8. The summed E-state index contributed by atoms with van der Waals surface area (Å²) in [6, 6.07) is 0.672. The Labute approximate surface area is 154 Å². The minimum atomic E-state index is 0.138. The molecule has 3 unspecified atom stereocenters. The topological polar surface area (TPSA) is 24.9 Å². The van der Waals surface area contributed by atoms with Crippen molar-refractivity contribution in [3.63, 3.8) is 0 Å². The number of hydrogen-bond donors (Lipinski definition) is 0. The Morgan fingerprint density at radius 1 is 1.08 bits per heavy atom. The van der Waals surface area contributed by atoms with Gasteiger partial charge in [0.15, 0.2) is 0 Å². The molecule has 4 rings (SSSR count). The average Bonchev–Trinajstić information content (AvgIpc) is 3.23. The second-order valence-electron chi connectivity index (χ2n) is 9.43. The maximum absolute atomic E-state index is 6.84. The van der Waals surface area contributed by atoms with Gasteiger partial charge in [-0.05, 0) is 65.3 Å². The Morgan fingerprint density at radius 2 is 1.88 bits per heavy atom. The lowest BCUT2D eigenvalue weighted by molar-refractivity contribution is -0.131. The quantitative estimate of drug-likeness (QED) is 0.780. The second kappa shape index (κ2) is 7.10. The van der Waals surface area contributed by atoms with Gasteiger partial charge >= 0.3 is 0 Å². The molecule has 4 saturated heterocycles.